The first-order valence-corrected chi connectivity index (χ1v) is 7.29. The van der Waals surface area contributed by atoms with Gasteiger partial charge in [0.05, 0.1) is 11.1 Å². The molecule has 0 bridgehead atoms. The van der Waals surface area contributed by atoms with Gasteiger partial charge in [-0.1, -0.05) is 17.7 Å². The average molecular weight is 332 g/mol. The minimum atomic E-state index is -0.0880. The molecule has 0 spiro atoms. The molecule has 1 heterocycles. The van der Waals surface area contributed by atoms with Crippen LogP contribution in [-0.2, 0) is 11.3 Å². The number of rotatable bonds is 3. The molecular formula is C13H16BrClN2O. The van der Waals surface area contributed by atoms with Gasteiger partial charge >= 0.3 is 0 Å². The highest BCUT2D eigenvalue weighted by Gasteiger charge is 2.19. The predicted molar refractivity (Wildman–Crippen MR) is 76.6 cm³/mol. The summed E-state index contributed by atoms with van der Waals surface area (Å²) in [5, 5.41) is 6.90. The van der Waals surface area contributed by atoms with Gasteiger partial charge in [-0.3, -0.25) is 4.79 Å². The van der Waals surface area contributed by atoms with Gasteiger partial charge in [-0.05, 0) is 52.9 Å². The molecule has 1 unspecified atom stereocenters. The standard InChI is InChI=1S/C13H16BrClN2O/c14-10-5-4-9(7-11(10)15)8-17-12-3-1-2-6-16-13(12)18/h4-5,7,12,17H,1-3,6,8H2,(H,16,18). The lowest BCUT2D eigenvalue weighted by atomic mass is 10.1. The van der Waals surface area contributed by atoms with E-state index in [4.69, 9.17) is 11.6 Å². The molecule has 1 saturated heterocycles. The van der Waals surface area contributed by atoms with Crippen molar-refractivity contribution in [2.75, 3.05) is 6.54 Å². The van der Waals surface area contributed by atoms with E-state index in [0.717, 1.165) is 35.8 Å². The minimum Gasteiger partial charge on any atom is -0.355 e. The number of hydrogen-bond acceptors (Lipinski definition) is 2. The van der Waals surface area contributed by atoms with Crippen LogP contribution in [0.3, 0.4) is 0 Å². The number of amides is 1. The van der Waals surface area contributed by atoms with Gasteiger partial charge in [-0.2, -0.15) is 0 Å². The van der Waals surface area contributed by atoms with E-state index in [0.29, 0.717) is 11.6 Å². The summed E-state index contributed by atoms with van der Waals surface area (Å²) in [6, 6.07) is 5.74. The third kappa shape index (κ3) is 3.70. The zero-order valence-corrected chi connectivity index (χ0v) is 12.4. The molecular weight excluding hydrogens is 316 g/mol. The molecule has 1 fully saturated rings. The van der Waals surface area contributed by atoms with Gasteiger partial charge in [0.25, 0.3) is 0 Å². The summed E-state index contributed by atoms with van der Waals surface area (Å²) in [5.74, 6) is 0.107. The molecule has 0 aromatic heterocycles. The lowest BCUT2D eigenvalue weighted by molar-refractivity contribution is -0.122. The van der Waals surface area contributed by atoms with Gasteiger partial charge < -0.3 is 10.6 Å². The van der Waals surface area contributed by atoms with E-state index in [1.807, 2.05) is 18.2 Å². The third-order valence-electron chi connectivity index (χ3n) is 3.07. The van der Waals surface area contributed by atoms with Crippen molar-refractivity contribution in [3.63, 3.8) is 0 Å². The van der Waals surface area contributed by atoms with Crippen molar-refractivity contribution >= 4 is 33.4 Å². The highest BCUT2D eigenvalue weighted by Crippen LogP contribution is 2.23. The van der Waals surface area contributed by atoms with E-state index >= 15 is 0 Å². The van der Waals surface area contributed by atoms with Crippen LogP contribution < -0.4 is 10.6 Å². The second-order valence-electron chi connectivity index (χ2n) is 4.47. The predicted octanol–water partition coefficient (Wildman–Crippen LogP) is 2.86. The molecule has 1 aromatic carbocycles. The fourth-order valence-corrected chi connectivity index (χ4v) is 2.47. The first kappa shape index (κ1) is 13.8. The molecule has 0 radical (unpaired) electrons. The van der Waals surface area contributed by atoms with Gasteiger partial charge in [-0.15, -0.1) is 0 Å². The van der Waals surface area contributed by atoms with Crippen LogP contribution in [0.4, 0.5) is 0 Å². The molecule has 1 aliphatic heterocycles. The number of halogens is 2. The van der Waals surface area contributed by atoms with Crippen molar-refractivity contribution in [1.29, 1.82) is 0 Å². The fraction of sp³-hybridized carbons (Fsp3) is 0.462. The van der Waals surface area contributed by atoms with Crippen LogP contribution in [0, 0.1) is 0 Å². The second kappa shape index (κ2) is 6.55. The van der Waals surface area contributed by atoms with Crippen LogP contribution in [0.15, 0.2) is 22.7 Å². The van der Waals surface area contributed by atoms with Crippen LogP contribution >= 0.6 is 27.5 Å². The largest absolute Gasteiger partial charge is 0.355 e. The molecule has 0 aliphatic carbocycles. The maximum Gasteiger partial charge on any atom is 0.237 e. The van der Waals surface area contributed by atoms with Gasteiger partial charge in [0.2, 0.25) is 5.91 Å². The van der Waals surface area contributed by atoms with Crippen LogP contribution in [0.25, 0.3) is 0 Å². The molecule has 5 heteroatoms. The minimum absolute atomic E-state index is 0.0880. The summed E-state index contributed by atoms with van der Waals surface area (Å²) >= 11 is 9.40. The van der Waals surface area contributed by atoms with Gasteiger partial charge in [0, 0.05) is 17.6 Å². The summed E-state index contributed by atoms with van der Waals surface area (Å²) in [6.07, 6.45) is 3.04. The maximum absolute atomic E-state index is 11.7. The van der Waals surface area contributed by atoms with E-state index in [-0.39, 0.29) is 11.9 Å². The van der Waals surface area contributed by atoms with Crippen molar-refractivity contribution in [2.45, 2.75) is 31.8 Å². The molecule has 1 aliphatic rings. The molecule has 98 valence electrons. The zero-order chi connectivity index (χ0) is 13.0. The van der Waals surface area contributed by atoms with Crippen LogP contribution in [0.5, 0.6) is 0 Å². The Bertz CT molecular complexity index is 439. The Labute approximate surface area is 120 Å². The van der Waals surface area contributed by atoms with Crippen molar-refractivity contribution < 1.29 is 4.79 Å². The molecule has 3 nitrogen and oxygen atoms in total. The van der Waals surface area contributed by atoms with E-state index in [2.05, 4.69) is 26.6 Å². The van der Waals surface area contributed by atoms with E-state index < -0.39 is 0 Å². The number of carbonyl (C=O) groups is 1. The van der Waals surface area contributed by atoms with Gasteiger partial charge in [-0.25, -0.2) is 0 Å². The van der Waals surface area contributed by atoms with Gasteiger partial charge in [0.15, 0.2) is 0 Å². The molecule has 2 N–H and O–H groups in total. The van der Waals surface area contributed by atoms with E-state index in [1.54, 1.807) is 0 Å². The lowest BCUT2D eigenvalue weighted by Gasteiger charge is -2.15. The lowest BCUT2D eigenvalue weighted by Crippen LogP contribution is -2.42. The number of hydrogen-bond donors (Lipinski definition) is 2. The SMILES string of the molecule is O=C1NCCCCC1NCc1ccc(Br)c(Cl)c1. The maximum atomic E-state index is 11.7. The Morgan fingerprint density at radius 2 is 2.28 bits per heavy atom. The van der Waals surface area contributed by atoms with Crippen molar-refractivity contribution in [2.24, 2.45) is 0 Å². The highest BCUT2D eigenvalue weighted by molar-refractivity contribution is 9.10. The Kier molecular flexibility index (Phi) is 5.03. The molecule has 18 heavy (non-hydrogen) atoms. The summed E-state index contributed by atoms with van der Waals surface area (Å²) in [6.45, 7) is 1.45. The first-order chi connectivity index (χ1) is 8.66. The van der Waals surface area contributed by atoms with Gasteiger partial charge in [0.1, 0.15) is 0 Å². The molecule has 1 atom stereocenters. The van der Waals surface area contributed by atoms with Crippen molar-refractivity contribution in [1.82, 2.24) is 10.6 Å². The topological polar surface area (TPSA) is 41.1 Å². The summed E-state index contributed by atoms with van der Waals surface area (Å²) in [4.78, 5) is 11.7. The van der Waals surface area contributed by atoms with E-state index in [1.165, 1.54) is 0 Å². The second-order valence-corrected chi connectivity index (χ2v) is 5.73. The molecule has 1 aromatic rings. The molecule has 1 amide bonds. The Hall–Kier alpha value is -0.580. The smallest absolute Gasteiger partial charge is 0.237 e. The summed E-state index contributed by atoms with van der Waals surface area (Å²) < 4.78 is 0.889. The highest BCUT2D eigenvalue weighted by atomic mass is 79.9. The fourth-order valence-electron chi connectivity index (χ4n) is 2.02. The van der Waals surface area contributed by atoms with Crippen molar-refractivity contribution in [3.8, 4) is 0 Å². The number of carbonyl (C=O) groups excluding carboxylic acids is 1. The van der Waals surface area contributed by atoms with Crippen LogP contribution in [0.2, 0.25) is 5.02 Å². The quantitative estimate of drug-likeness (QED) is 0.894. The number of nitrogens with one attached hydrogen (secondary N) is 2. The Morgan fingerprint density at radius 3 is 3.06 bits per heavy atom. The Balaban J connectivity index is 1.93. The van der Waals surface area contributed by atoms with Crippen molar-refractivity contribution in [3.05, 3.63) is 33.3 Å². The van der Waals surface area contributed by atoms with Crippen LogP contribution in [-0.4, -0.2) is 18.5 Å². The zero-order valence-electron chi connectivity index (χ0n) is 10.0. The summed E-state index contributed by atoms with van der Waals surface area (Å²) in [5.41, 5.74) is 1.08. The number of benzene rings is 1. The molecule has 2 rings (SSSR count). The third-order valence-corrected chi connectivity index (χ3v) is 4.30. The Morgan fingerprint density at radius 1 is 1.44 bits per heavy atom. The molecule has 0 saturated carbocycles. The monoisotopic (exact) mass is 330 g/mol. The summed E-state index contributed by atoms with van der Waals surface area (Å²) in [7, 11) is 0. The van der Waals surface area contributed by atoms with Crippen LogP contribution in [0.1, 0.15) is 24.8 Å². The first-order valence-electron chi connectivity index (χ1n) is 6.12. The normalized spacial score (nSPS) is 20.3. The van der Waals surface area contributed by atoms with E-state index in [9.17, 15) is 4.79 Å². The average Bonchev–Trinajstić information content (AvgIpc) is 2.56.